The fraction of sp³-hybridized carbons (Fsp3) is 0.500. The quantitative estimate of drug-likeness (QED) is 0.799. The van der Waals surface area contributed by atoms with E-state index in [1.807, 2.05) is 18.2 Å². The third-order valence-corrected chi connectivity index (χ3v) is 2.86. The van der Waals surface area contributed by atoms with Gasteiger partial charge in [-0.05, 0) is 17.9 Å². The van der Waals surface area contributed by atoms with Gasteiger partial charge in [0.15, 0.2) is 0 Å². The average Bonchev–Trinajstić information content (AvgIpc) is 2.27. The first-order chi connectivity index (χ1) is 7.59. The molecule has 16 heavy (non-hydrogen) atoms. The Hall–Kier alpha value is -1.15. The molecule has 0 aromatic heterocycles. The van der Waals surface area contributed by atoms with Crippen LogP contribution in [0.2, 0.25) is 0 Å². The molecule has 1 aromatic carbocycles. The van der Waals surface area contributed by atoms with Gasteiger partial charge in [0, 0.05) is 18.9 Å². The molecule has 2 nitrogen and oxygen atoms in total. The zero-order chi connectivity index (χ0) is 12.0. The van der Waals surface area contributed by atoms with E-state index in [2.05, 4.69) is 26.0 Å². The van der Waals surface area contributed by atoms with E-state index >= 15 is 0 Å². The molecule has 1 atom stereocenters. The highest BCUT2D eigenvalue weighted by atomic mass is 16.1. The van der Waals surface area contributed by atoms with Gasteiger partial charge in [0.05, 0.1) is 0 Å². The highest BCUT2D eigenvalue weighted by molar-refractivity contribution is 5.79. The first-order valence-electron chi connectivity index (χ1n) is 5.91. The number of rotatable bonds is 6. The number of benzene rings is 1. The maximum absolute atomic E-state index is 11.7. The summed E-state index contributed by atoms with van der Waals surface area (Å²) in [6.07, 6.45) is 1.93. The Bertz CT molecular complexity index is 319. The molecule has 0 aliphatic carbocycles. The van der Waals surface area contributed by atoms with Crippen LogP contribution < -0.4 is 5.73 Å². The number of Topliss-reactive ketones (excluding diaryl/α,β-unsaturated/α-hetero) is 1. The van der Waals surface area contributed by atoms with Gasteiger partial charge in [-0.3, -0.25) is 4.79 Å². The van der Waals surface area contributed by atoms with Gasteiger partial charge in [-0.15, -0.1) is 0 Å². The molecule has 2 heteroatoms. The van der Waals surface area contributed by atoms with E-state index in [9.17, 15) is 4.79 Å². The second-order valence-corrected chi connectivity index (χ2v) is 4.64. The van der Waals surface area contributed by atoms with Crippen molar-refractivity contribution in [2.45, 2.75) is 39.2 Å². The van der Waals surface area contributed by atoms with Crippen molar-refractivity contribution in [3.05, 3.63) is 35.9 Å². The molecule has 0 aliphatic rings. The fourth-order valence-electron chi connectivity index (χ4n) is 1.53. The summed E-state index contributed by atoms with van der Waals surface area (Å²) in [7, 11) is 0. The first kappa shape index (κ1) is 12.9. The summed E-state index contributed by atoms with van der Waals surface area (Å²) in [6, 6.07) is 10.1. The van der Waals surface area contributed by atoms with Crippen LogP contribution in [0.4, 0.5) is 0 Å². The van der Waals surface area contributed by atoms with Gasteiger partial charge in [-0.2, -0.15) is 0 Å². The smallest absolute Gasteiger partial charge is 0.134 e. The molecule has 0 amide bonds. The number of ketones is 1. The standard InChI is InChI=1S/C14H21NO/c1-11(2)14(15)10-13(16)9-8-12-6-4-3-5-7-12/h3-7,11,14H,8-10,15H2,1-2H3. The predicted molar refractivity (Wildman–Crippen MR) is 67.2 cm³/mol. The zero-order valence-electron chi connectivity index (χ0n) is 10.1. The molecule has 0 fully saturated rings. The fourth-order valence-corrected chi connectivity index (χ4v) is 1.53. The van der Waals surface area contributed by atoms with E-state index < -0.39 is 0 Å². The molecule has 0 spiro atoms. The average molecular weight is 219 g/mol. The molecule has 1 rings (SSSR count). The molecule has 0 heterocycles. The van der Waals surface area contributed by atoms with Crippen molar-refractivity contribution in [2.75, 3.05) is 0 Å². The Morgan fingerprint density at radius 2 is 1.88 bits per heavy atom. The number of nitrogens with two attached hydrogens (primary N) is 1. The summed E-state index contributed by atoms with van der Waals surface area (Å²) in [5, 5.41) is 0. The minimum atomic E-state index is 0.00303. The Kier molecular flexibility index (Phi) is 5.20. The van der Waals surface area contributed by atoms with Gasteiger partial charge in [0.25, 0.3) is 0 Å². The normalized spacial score (nSPS) is 12.8. The maximum Gasteiger partial charge on any atom is 0.134 e. The number of carbonyl (C=O) groups excluding carboxylic acids is 1. The number of carbonyl (C=O) groups is 1. The maximum atomic E-state index is 11.7. The van der Waals surface area contributed by atoms with Crippen LogP contribution in [-0.2, 0) is 11.2 Å². The largest absolute Gasteiger partial charge is 0.327 e. The van der Waals surface area contributed by atoms with Crippen molar-refractivity contribution >= 4 is 5.78 Å². The molecule has 1 aromatic rings. The lowest BCUT2D eigenvalue weighted by molar-refractivity contribution is -0.119. The number of aryl methyl sites for hydroxylation is 1. The highest BCUT2D eigenvalue weighted by Crippen LogP contribution is 2.08. The second-order valence-electron chi connectivity index (χ2n) is 4.64. The molecule has 0 saturated heterocycles. The molecule has 0 bridgehead atoms. The zero-order valence-corrected chi connectivity index (χ0v) is 10.1. The van der Waals surface area contributed by atoms with Gasteiger partial charge >= 0.3 is 0 Å². The lowest BCUT2D eigenvalue weighted by Gasteiger charge is -2.14. The minimum absolute atomic E-state index is 0.00303. The van der Waals surface area contributed by atoms with Crippen LogP contribution >= 0.6 is 0 Å². The molecule has 0 saturated carbocycles. The molecule has 0 aliphatic heterocycles. The summed E-state index contributed by atoms with van der Waals surface area (Å²) < 4.78 is 0. The third-order valence-electron chi connectivity index (χ3n) is 2.86. The van der Waals surface area contributed by atoms with Crippen molar-refractivity contribution < 1.29 is 4.79 Å². The van der Waals surface area contributed by atoms with Crippen molar-refractivity contribution in [1.82, 2.24) is 0 Å². The van der Waals surface area contributed by atoms with Crippen molar-refractivity contribution in [2.24, 2.45) is 11.7 Å². The van der Waals surface area contributed by atoms with Gasteiger partial charge in [0.2, 0.25) is 0 Å². The molecular weight excluding hydrogens is 198 g/mol. The highest BCUT2D eigenvalue weighted by Gasteiger charge is 2.12. The Balaban J connectivity index is 2.31. The van der Waals surface area contributed by atoms with E-state index in [0.29, 0.717) is 18.8 Å². The van der Waals surface area contributed by atoms with Crippen molar-refractivity contribution in [3.63, 3.8) is 0 Å². The van der Waals surface area contributed by atoms with E-state index in [4.69, 9.17) is 5.73 Å². The van der Waals surface area contributed by atoms with Crippen LogP contribution in [0.5, 0.6) is 0 Å². The SMILES string of the molecule is CC(C)C(N)CC(=O)CCc1ccccc1. The molecular formula is C14H21NO. The molecule has 88 valence electrons. The van der Waals surface area contributed by atoms with E-state index in [0.717, 1.165) is 6.42 Å². The van der Waals surface area contributed by atoms with E-state index in [1.165, 1.54) is 5.56 Å². The van der Waals surface area contributed by atoms with Crippen molar-refractivity contribution in [3.8, 4) is 0 Å². The summed E-state index contributed by atoms with van der Waals surface area (Å²) in [5.41, 5.74) is 7.08. The lowest BCUT2D eigenvalue weighted by Crippen LogP contribution is -2.29. The van der Waals surface area contributed by atoms with Crippen LogP contribution in [0.25, 0.3) is 0 Å². The summed E-state index contributed by atoms with van der Waals surface area (Å²) in [6.45, 7) is 4.10. The summed E-state index contributed by atoms with van der Waals surface area (Å²) in [4.78, 5) is 11.7. The monoisotopic (exact) mass is 219 g/mol. The van der Waals surface area contributed by atoms with Crippen molar-refractivity contribution in [1.29, 1.82) is 0 Å². The van der Waals surface area contributed by atoms with Gasteiger partial charge in [0.1, 0.15) is 5.78 Å². The van der Waals surface area contributed by atoms with Gasteiger partial charge in [-0.1, -0.05) is 44.2 Å². The van der Waals surface area contributed by atoms with Crippen LogP contribution in [0, 0.1) is 5.92 Å². The Morgan fingerprint density at radius 1 is 1.25 bits per heavy atom. The second kappa shape index (κ2) is 6.44. The molecule has 0 radical (unpaired) electrons. The van der Waals surface area contributed by atoms with E-state index in [1.54, 1.807) is 0 Å². The van der Waals surface area contributed by atoms with Gasteiger partial charge < -0.3 is 5.73 Å². The molecule has 2 N–H and O–H groups in total. The Labute approximate surface area is 97.9 Å². The summed E-state index contributed by atoms with van der Waals surface area (Å²) >= 11 is 0. The van der Waals surface area contributed by atoms with Crippen LogP contribution in [0.1, 0.15) is 32.3 Å². The van der Waals surface area contributed by atoms with Crippen LogP contribution in [0.15, 0.2) is 30.3 Å². The van der Waals surface area contributed by atoms with Crippen LogP contribution in [-0.4, -0.2) is 11.8 Å². The Morgan fingerprint density at radius 3 is 2.44 bits per heavy atom. The topological polar surface area (TPSA) is 43.1 Å². The first-order valence-corrected chi connectivity index (χ1v) is 5.91. The molecule has 1 unspecified atom stereocenters. The minimum Gasteiger partial charge on any atom is -0.327 e. The predicted octanol–water partition coefficient (Wildman–Crippen LogP) is 2.56. The summed E-state index contributed by atoms with van der Waals surface area (Å²) in [5.74, 6) is 0.644. The third kappa shape index (κ3) is 4.58. The number of hydrogen-bond donors (Lipinski definition) is 1. The number of hydrogen-bond acceptors (Lipinski definition) is 2. The van der Waals surface area contributed by atoms with Crippen LogP contribution in [0.3, 0.4) is 0 Å². The van der Waals surface area contributed by atoms with E-state index in [-0.39, 0.29) is 11.8 Å². The van der Waals surface area contributed by atoms with Gasteiger partial charge in [-0.25, -0.2) is 0 Å². The lowest BCUT2D eigenvalue weighted by atomic mass is 9.97.